The summed E-state index contributed by atoms with van der Waals surface area (Å²) in [6.07, 6.45) is 13.4. The zero-order chi connectivity index (χ0) is 14.5. The highest BCUT2D eigenvalue weighted by molar-refractivity contribution is 4.60. The molecule has 3 atom stereocenters. The van der Waals surface area contributed by atoms with Gasteiger partial charge in [-0.3, -0.25) is 0 Å². The average Bonchev–Trinajstić information content (AvgIpc) is 2.36. The fraction of sp³-hybridized carbons (Fsp3) is 1.00. The van der Waals surface area contributed by atoms with Gasteiger partial charge in [-0.05, 0) is 24.2 Å². The topological polar surface area (TPSA) is 20.2 Å². The van der Waals surface area contributed by atoms with Gasteiger partial charge in [-0.2, -0.15) is 0 Å². The molecule has 0 bridgehead atoms. The molecule has 0 saturated carbocycles. The van der Waals surface area contributed by atoms with Gasteiger partial charge in [0.2, 0.25) is 0 Å². The number of hydrogen-bond acceptors (Lipinski definition) is 1. The molecule has 0 aromatic carbocycles. The van der Waals surface area contributed by atoms with Crippen LogP contribution in [0.15, 0.2) is 0 Å². The zero-order valence-electron chi connectivity index (χ0n) is 14.0. The van der Waals surface area contributed by atoms with Gasteiger partial charge < -0.3 is 5.11 Å². The molecule has 0 saturated heterocycles. The van der Waals surface area contributed by atoms with Crippen LogP contribution >= 0.6 is 0 Å². The Morgan fingerprint density at radius 3 is 1.37 bits per heavy atom. The van der Waals surface area contributed by atoms with Crippen molar-refractivity contribution < 1.29 is 5.11 Å². The largest absolute Gasteiger partial charge is 0.396 e. The van der Waals surface area contributed by atoms with Gasteiger partial charge in [-0.15, -0.1) is 0 Å². The molecule has 0 amide bonds. The van der Waals surface area contributed by atoms with Crippen LogP contribution < -0.4 is 0 Å². The fourth-order valence-electron chi connectivity index (χ4n) is 2.84. The molecule has 116 valence electrons. The van der Waals surface area contributed by atoms with Gasteiger partial charge in [0.1, 0.15) is 0 Å². The molecule has 0 aromatic heterocycles. The number of aliphatic hydroxyl groups excluding tert-OH is 1. The summed E-state index contributed by atoms with van der Waals surface area (Å²) in [6.45, 7) is 9.72. The second-order valence-electron chi connectivity index (χ2n) is 6.83. The first-order chi connectivity index (χ1) is 9.10. The molecule has 0 rings (SSSR count). The van der Waals surface area contributed by atoms with Gasteiger partial charge in [-0.1, -0.05) is 85.5 Å². The van der Waals surface area contributed by atoms with Gasteiger partial charge >= 0.3 is 0 Å². The molecule has 0 aliphatic heterocycles. The Morgan fingerprint density at radius 2 is 1.00 bits per heavy atom. The summed E-state index contributed by atoms with van der Waals surface area (Å²) in [5.41, 5.74) is 0. The van der Waals surface area contributed by atoms with Crippen molar-refractivity contribution in [2.75, 3.05) is 6.61 Å². The third-order valence-corrected chi connectivity index (χ3v) is 4.46. The molecule has 0 fully saturated rings. The maximum absolute atomic E-state index is 8.87. The Morgan fingerprint density at radius 1 is 0.632 bits per heavy atom. The summed E-state index contributed by atoms with van der Waals surface area (Å²) in [5, 5.41) is 8.87. The molecular weight excluding hydrogens is 232 g/mol. The van der Waals surface area contributed by atoms with Crippen LogP contribution in [-0.4, -0.2) is 11.7 Å². The molecule has 19 heavy (non-hydrogen) atoms. The van der Waals surface area contributed by atoms with Gasteiger partial charge in [0.25, 0.3) is 0 Å². The molecule has 0 aliphatic rings. The lowest BCUT2D eigenvalue weighted by Crippen LogP contribution is -2.02. The van der Waals surface area contributed by atoms with E-state index < -0.39 is 0 Å². The lowest BCUT2D eigenvalue weighted by molar-refractivity contribution is 0.255. The Labute approximate surface area is 122 Å². The molecule has 0 radical (unpaired) electrons. The van der Waals surface area contributed by atoms with Crippen molar-refractivity contribution in [3.8, 4) is 0 Å². The van der Waals surface area contributed by atoms with Crippen LogP contribution in [-0.2, 0) is 0 Å². The summed E-state index contributed by atoms with van der Waals surface area (Å²) in [6, 6.07) is 0. The predicted molar refractivity (Wildman–Crippen MR) is 86.4 cm³/mol. The van der Waals surface area contributed by atoms with Crippen LogP contribution in [0, 0.1) is 17.8 Å². The van der Waals surface area contributed by atoms with E-state index in [4.69, 9.17) is 5.11 Å². The standard InChI is InChI=1S/C18H38O/c1-5-6-9-16(2)10-7-11-17(3)12-8-13-18(4)14-15-19/h16-19H,5-15H2,1-4H3. The Hall–Kier alpha value is -0.0400. The molecule has 1 N–H and O–H groups in total. The van der Waals surface area contributed by atoms with Crippen LogP contribution in [0.4, 0.5) is 0 Å². The molecule has 1 heteroatoms. The van der Waals surface area contributed by atoms with Gasteiger partial charge in [0.05, 0.1) is 0 Å². The summed E-state index contributed by atoms with van der Waals surface area (Å²) in [4.78, 5) is 0. The van der Waals surface area contributed by atoms with Gasteiger partial charge in [0.15, 0.2) is 0 Å². The van der Waals surface area contributed by atoms with Crippen molar-refractivity contribution in [3.63, 3.8) is 0 Å². The maximum atomic E-state index is 8.87. The third kappa shape index (κ3) is 12.7. The fourth-order valence-corrected chi connectivity index (χ4v) is 2.84. The first-order valence-electron chi connectivity index (χ1n) is 8.70. The van der Waals surface area contributed by atoms with Crippen LogP contribution in [0.1, 0.15) is 91.9 Å². The van der Waals surface area contributed by atoms with Crippen LogP contribution in [0.3, 0.4) is 0 Å². The lowest BCUT2D eigenvalue weighted by Gasteiger charge is -2.15. The second-order valence-corrected chi connectivity index (χ2v) is 6.83. The van der Waals surface area contributed by atoms with Crippen LogP contribution in [0.5, 0.6) is 0 Å². The number of aliphatic hydroxyl groups is 1. The van der Waals surface area contributed by atoms with Gasteiger partial charge in [0, 0.05) is 6.61 Å². The van der Waals surface area contributed by atoms with Crippen molar-refractivity contribution in [2.45, 2.75) is 91.9 Å². The zero-order valence-corrected chi connectivity index (χ0v) is 14.0. The summed E-state index contributed by atoms with van der Waals surface area (Å²) < 4.78 is 0. The maximum Gasteiger partial charge on any atom is 0.0433 e. The number of unbranched alkanes of at least 4 members (excludes halogenated alkanes) is 1. The minimum Gasteiger partial charge on any atom is -0.396 e. The minimum atomic E-state index is 0.354. The smallest absolute Gasteiger partial charge is 0.0433 e. The normalized spacial score (nSPS) is 16.3. The van der Waals surface area contributed by atoms with Crippen molar-refractivity contribution in [1.29, 1.82) is 0 Å². The highest BCUT2D eigenvalue weighted by atomic mass is 16.3. The van der Waals surface area contributed by atoms with E-state index in [1.54, 1.807) is 0 Å². The Kier molecular flexibility index (Phi) is 12.9. The molecule has 0 spiro atoms. The monoisotopic (exact) mass is 270 g/mol. The van der Waals surface area contributed by atoms with E-state index >= 15 is 0 Å². The molecule has 3 unspecified atom stereocenters. The Bertz CT molecular complexity index is 179. The van der Waals surface area contributed by atoms with Crippen molar-refractivity contribution in [3.05, 3.63) is 0 Å². The highest BCUT2D eigenvalue weighted by Gasteiger charge is 2.07. The number of rotatable bonds is 13. The van der Waals surface area contributed by atoms with Crippen molar-refractivity contribution in [2.24, 2.45) is 17.8 Å². The summed E-state index contributed by atoms with van der Waals surface area (Å²) >= 11 is 0. The van der Waals surface area contributed by atoms with E-state index in [1.165, 1.54) is 57.8 Å². The van der Waals surface area contributed by atoms with Crippen LogP contribution in [0.2, 0.25) is 0 Å². The first-order valence-corrected chi connectivity index (χ1v) is 8.70. The molecule has 0 aliphatic carbocycles. The predicted octanol–water partition coefficient (Wildman–Crippen LogP) is 5.81. The summed E-state index contributed by atoms with van der Waals surface area (Å²) in [5.74, 6) is 2.52. The van der Waals surface area contributed by atoms with E-state index in [1.807, 2.05) is 0 Å². The SMILES string of the molecule is CCCCC(C)CCCC(C)CCCC(C)CCO. The molecular formula is C18H38O. The van der Waals surface area contributed by atoms with Crippen molar-refractivity contribution >= 4 is 0 Å². The third-order valence-electron chi connectivity index (χ3n) is 4.46. The van der Waals surface area contributed by atoms with Crippen LogP contribution in [0.25, 0.3) is 0 Å². The average molecular weight is 271 g/mol. The second kappa shape index (κ2) is 13.0. The van der Waals surface area contributed by atoms with Gasteiger partial charge in [-0.25, -0.2) is 0 Å². The molecule has 0 heterocycles. The summed E-state index contributed by atoms with van der Waals surface area (Å²) in [7, 11) is 0. The van der Waals surface area contributed by atoms with E-state index in [-0.39, 0.29) is 0 Å². The van der Waals surface area contributed by atoms with Crippen molar-refractivity contribution in [1.82, 2.24) is 0 Å². The lowest BCUT2D eigenvalue weighted by atomic mass is 9.91. The van der Waals surface area contributed by atoms with E-state index in [9.17, 15) is 0 Å². The Balaban J connectivity index is 3.41. The minimum absolute atomic E-state index is 0.354. The molecule has 0 aromatic rings. The van der Waals surface area contributed by atoms with E-state index in [0.717, 1.165) is 18.3 Å². The first kappa shape index (κ1) is 19.0. The highest BCUT2D eigenvalue weighted by Crippen LogP contribution is 2.21. The van der Waals surface area contributed by atoms with E-state index in [0.29, 0.717) is 12.5 Å². The molecule has 1 nitrogen and oxygen atoms in total. The number of hydrogen-bond donors (Lipinski definition) is 1. The van der Waals surface area contributed by atoms with E-state index in [2.05, 4.69) is 27.7 Å². The quantitative estimate of drug-likeness (QED) is 0.448.